The van der Waals surface area contributed by atoms with Crippen LogP contribution < -0.4 is 9.80 Å². The van der Waals surface area contributed by atoms with Gasteiger partial charge >= 0.3 is 0 Å². The third-order valence-corrected chi connectivity index (χ3v) is 6.29. The molecule has 0 saturated carbocycles. The molecule has 1 aromatic carbocycles. The van der Waals surface area contributed by atoms with E-state index in [4.69, 9.17) is 0 Å². The second kappa shape index (κ2) is 9.71. The molecule has 156 valence electrons. The lowest BCUT2D eigenvalue weighted by molar-refractivity contribution is -0.129. The van der Waals surface area contributed by atoms with Gasteiger partial charge < -0.3 is 14.7 Å². The van der Waals surface area contributed by atoms with Gasteiger partial charge in [-0.15, -0.1) is 11.3 Å². The van der Waals surface area contributed by atoms with Crippen LogP contribution in [0.1, 0.15) is 17.7 Å². The number of carbonyl (C=O) groups excluding carboxylic acids is 1. The number of carbonyl (C=O) groups is 1. The van der Waals surface area contributed by atoms with E-state index in [0.717, 1.165) is 54.7 Å². The van der Waals surface area contributed by atoms with Gasteiger partial charge in [0.25, 0.3) is 0 Å². The van der Waals surface area contributed by atoms with Gasteiger partial charge in [0.1, 0.15) is 0 Å². The van der Waals surface area contributed by atoms with Crippen LogP contribution in [-0.4, -0.2) is 53.5 Å². The van der Waals surface area contributed by atoms with Gasteiger partial charge in [-0.3, -0.25) is 9.78 Å². The zero-order valence-corrected chi connectivity index (χ0v) is 18.1. The van der Waals surface area contributed by atoms with Gasteiger partial charge in [0.2, 0.25) is 5.91 Å². The number of hydrogen-bond acceptors (Lipinski definition) is 6. The number of rotatable bonds is 6. The van der Waals surface area contributed by atoms with Crippen molar-refractivity contribution >= 4 is 28.1 Å². The maximum Gasteiger partial charge on any atom is 0.242 e. The predicted octanol–water partition coefficient (Wildman–Crippen LogP) is 3.59. The maximum atomic E-state index is 13.2. The molecule has 1 saturated heterocycles. The fraction of sp³-hybridized carbons (Fsp3) is 0.348. The smallest absolute Gasteiger partial charge is 0.242 e. The van der Waals surface area contributed by atoms with Crippen molar-refractivity contribution in [2.24, 2.45) is 0 Å². The number of pyridine rings is 1. The monoisotopic (exact) mass is 421 g/mol. The van der Waals surface area contributed by atoms with Gasteiger partial charge in [-0.25, -0.2) is 4.98 Å². The lowest BCUT2D eigenvalue weighted by Gasteiger charge is -2.28. The molecule has 0 N–H and O–H groups in total. The van der Waals surface area contributed by atoms with Gasteiger partial charge in [-0.2, -0.15) is 0 Å². The molecule has 1 amide bonds. The van der Waals surface area contributed by atoms with E-state index in [2.05, 4.69) is 37.3 Å². The van der Waals surface area contributed by atoms with Crippen molar-refractivity contribution in [2.45, 2.75) is 19.9 Å². The first-order valence-electron chi connectivity index (χ1n) is 10.3. The van der Waals surface area contributed by atoms with Gasteiger partial charge in [0.05, 0.1) is 12.2 Å². The highest BCUT2D eigenvalue weighted by Crippen LogP contribution is 2.22. The van der Waals surface area contributed by atoms with Crippen LogP contribution in [0.25, 0.3) is 0 Å². The number of benzene rings is 1. The number of aromatic nitrogens is 2. The molecule has 0 spiro atoms. The van der Waals surface area contributed by atoms with Crippen LogP contribution in [0.5, 0.6) is 0 Å². The highest BCUT2D eigenvalue weighted by atomic mass is 32.1. The molecule has 3 heterocycles. The number of para-hydroxylation sites is 1. The zero-order valence-electron chi connectivity index (χ0n) is 17.3. The summed E-state index contributed by atoms with van der Waals surface area (Å²) >= 11 is 1.68. The Morgan fingerprint density at radius 2 is 1.97 bits per heavy atom. The van der Waals surface area contributed by atoms with Crippen molar-refractivity contribution in [1.29, 1.82) is 0 Å². The molecule has 4 rings (SSSR count). The highest BCUT2D eigenvalue weighted by Gasteiger charge is 2.22. The molecule has 1 fully saturated rings. The van der Waals surface area contributed by atoms with E-state index in [1.54, 1.807) is 17.5 Å². The van der Waals surface area contributed by atoms with Crippen molar-refractivity contribution in [3.8, 4) is 0 Å². The number of nitrogens with zero attached hydrogens (tertiary/aromatic N) is 5. The van der Waals surface area contributed by atoms with E-state index >= 15 is 0 Å². The summed E-state index contributed by atoms with van der Waals surface area (Å²) in [7, 11) is 0. The fourth-order valence-electron chi connectivity index (χ4n) is 3.70. The molecule has 3 aromatic rings. The minimum Gasteiger partial charge on any atom is -0.358 e. The molecule has 1 aliphatic heterocycles. The molecule has 1 aliphatic rings. The van der Waals surface area contributed by atoms with E-state index in [-0.39, 0.29) is 5.91 Å². The predicted molar refractivity (Wildman–Crippen MR) is 122 cm³/mol. The summed E-state index contributed by atoms with van der Waals surface area (Å²) < 4.78 is 0. The van der Waals surface area contributed by atoms with Crippen LogP contribution in [0.15, 0.2) is 60.2 Å². The van der Waals surface area contributed by atoms with E-state index in [1.807, 2.05) is 48.4 Å². The highest BCUT2D eigenvalue weighted by molar-refractivity contribution is 7.13. The van der Waals surface area contributed by atoms with Crippen LogP contribution in [0.2, 0.25) is 0 Å². The van der Waals surface area contributed by atoms with Gasteiger partial charge in [0.15, 0.2) is 5.13 Å². The molecule has 0 unspecified atom stereocenters. The Morgan fingerprint density at radius 1 is 1.10 bits per heavy atom. The number of hydrogen-bond donors (Lipinski definition) is 0. The van der Waals surface area contributed by atoms with Gasteiger partial charge in [-0.05, 0) is 37.1 Å². The topological polar surface area (TPSA) is 52.6 Å². The number of amides is 1. The third-order valence-electron chi connectivity index (χ3n) is 5.27. The summed E-state index contributed by atoms with van der Waals surface area (Å²) in [5.41, 5.74) is 3.20. The maximum absolute atomic E-state index is 13.2. The van der Waals surface area contributed by atoms with Gasteiger partial charge in [-0.1, -0.05) is 24.3 Å². The van der Waals surface area contributed by atoms with Crippen molar-refractivity contribution in [3.05, 3.63) is 71.5 Å². The lowest BCUT2D eigenvalue weighted by Crippen LogP contribution is -2.42. The molecule has 0 aliphatic carbocycles. The van der Waals surface area contributed by atoms with Crippen molar-refractivity contribution in [3.63, 3.8) is 0 Å². The second-order valence-electron chi connectivity index (χ2n) is 7.55. The standard InChI is InChI=1S/C23H27N5OS/c1-19-18-30-23(25-19)27-12-6-11-26(13-14-27)22(29)17-28(21-8-3-2-4-9-21)16-20-7-5-10-24-15-20/h2-5,7-10,15,18H,6,11-14,16-17H2,1H3. The average Bonchev–Trinajstić information content (AvgIpc) is 3.06. The Balaban J connectivity index is 1.43. The van der Waals surface area contributed by atoms with Crippen LogP contribution in [-0.2, 0) is 11.3 Å². The van der Waals surface area contributed by atoms with Crippen LogP contribution in [0.3, 0.4) is 0 Å². The van der Waals surface area contributed by atoms with Crippen LogP contribution >= 0.6 is 11.3 Å². The molecule has 2 aromatic heterocycles. The third kappa shape index (κ3) is 5.16. The van der Waals surface area contributed by atoms with E-state index < -0.39 is 0 Å². The summed E-state index contributed by atoms with van der Waals surface area (Å²) in [6, 6.07) is 14.1. The first kappa shape index (κ1) is 20.3. The normalized spacial score (nSPS) is 14.4. The van der Waals surface area contributed by atoms with E-state index in [9.17, 15) is 4.79 Å². The molecule has 6 nitrogen and oxygen atoms in total. The number of aryl methyl sites for hydroxylation is 1. The van der Waals surface area contributed by atoms with Gasteiger partial charge in [0, 0.05) is 56.2 Å². The summed E-state index contributed by atoms with van der Waals surface area (Å²) in [6.45, 7) is 6.31. The van der Waals surface area contributed by atoms with E-state index in [1.165, 1.54) is 0 Å². The number of thiazole rings is 1. The lowest BCUT2D eigenvalue weighted by atomic mass is 10.2. The molecule has 0 atom stereocenters. The summed E-state index contributed by atoms with van der Waals surface area (Å²) in [5, 5.41) is 3.14. The minimum absolute atomic E-state index is 0.167. The minimum atomic E-state index is 0.167. The van der Waals surface area contributed by atoms with Crippen molar-refractivity contribution in [1.82, 2.24) is 14.9 Å². The quantitative estimate of drug-likeness (QED) is 0.609. The molecule has 0 radical (unpaired) electrons. The Hall–Kier alpha value is -2.93. The molecular weight excluding hydrogens is 394 g/mol. The van der Waals surface area contributed by atoms with Crippen molar-refractivity contribution < 1.29 is 4.79 Å². The Kier molecular flexibility index (Phi) is 6.59. The average molecular weight is 422 g/mol. The first-order chi connectivity index (χ1) is 14.7. The Labute approximate surface area is 181 Å². The largest absolute Gasteiger partial charge is 0.358 e. The summed E-state index contributed by atoms with van der Waals surface area (Å²) in [5.74, 6) is 0.167. The molecule has 0 bridgehead atoms. The number of anilines is 2. The SMILES string of the molecule is Cc1csc(N2CCCN(C(=O)CN(Cc3cccnc3)c3ccccc3)CC2)n1. The van der Waals surface area contributed by atoms with Crippen molar-refractivity contribution in [2.75, 3.05) is 42.5 Å². The van der Waals surface area contributed by atoms with E-state index in [0.29, 0.717) is 13.1 Å². The first-order valence-corrected chi connectivity index (χ1v) is 11.2. The fourth-order valence-corrected chi connectivity index (χ4v) is 4.55. The molecule has 7 heteroatoms. The molecular formula is C23H27N5OS. The second-order valence-corrected chi connectivity index (χ2v) is 8.38. The van der Waals surface area contributed by atoms with Crippen LogP contribution in [0.4, 0.5) is 10.8 Å². The molecule has 30 heavy (non-hydrogen) atoms. The van der Waals surface area contributed by atoms with Crippen LogP contribution in [0, 0.1) is 6.92 Å². The Morgan fingerprint density at radius 3 is 2.70 bits per heavy atom. The summed E-state index contributed by atoms with van der Waals surface area (Å²) in [6.07, 6.45) is 4.59. The summed E-state index contributed by atoms with van der Waals surface area (Å²) in [4.78, 5) is 28.5. The Bertz CT molecular complexity index is 946. The zero-order chi connectivity index (χ0) is 20.8.